The number of benzene rings is 4. The molecule has 1 aromatic heterocycles. The minimum Gasteiger partial charge on any atom is -0.493 e. The van der Waals surface area contributed by atoms with Gasteiger partial charge in [0.15, 0.2) is 46.4 Å². The number of fused-ring (bicyclic) bond motifs is 2. The number of hydrogen-bond acceptors (Lipinski definition) is 7. The number of ether oxygens (including phenoxy) is 6. The number of aryl methyl sites for hydroxylation is 1. The van der Waals surface area contributed by atoms with Gasteiger partial charge in [0.2, 0.25) is 0 Å². The Morgan fingerprint density at radius 3 is 2.02 bits per heavy atom. The summed E-state index contributed by atoms with van der Waals surface area (Å²) in [5.74, 6) is 5.05. The Balaban J connectivity index is 1.23. The number of methoxy groups -OCH3 is 5. The molecule has 6 rings (SSSR count). The Hall–Kier alpha value is -4.95. The molecule has 5 aromatic rings. The zero-order valence-corrected chi connectivity index (χ0v) is 28.3. The Bertz CT molecular complexity index is 1890. The van der Waals surface area contributed by atoms with E-state index in [0.29, 0.717) is 29.4 Å². The standard InChI is InChI=1S/C39H43N2O6/c1-40-16-14-27-21-35(43-4)37(45-6)23-30(27)32(40)18-25-8-11-29(12-9-25)47-39-20-26(10-13-34(39)42-3)19-33-31-24-38(46-7)36(44-5)22-28(31)15-17-41(33)2/h8-13,15,17,20-24,32H,14,16,18-19H2,1-7H3/q+1/t32-/m1/s1. The first-order valence-corrected chi connectivity index (χ1v) is 15.8. The van der Waals surface area contributed by atoms with Gasteiger partial charge in [-0.1, -0.05) is 18.2 Å². The maximum atomic E-state index is 6.43. The summed E-state index contributed by atoms with van der Waals surface area (Å²) in [6, 6.07) is 25.1. The van der Waals surface area contributed by atoms with Gasteiger partial charge in [0, 0.05) is 18.7 Å². The van der Waals surface area contributed by atoms with Gasteiger partial charge in [-0.05, 0) is 96.1 Å². The third-order valence-electron chi connectivity index (χ3n) is 9.22. The average molecular weight is 636 g/mol. The lowest BCUT2D eigenvalue weighted by Crippen LogP contribution is -2.33. The zero-order chi connectivity index (χ0) is 33.1. The van der Waals surface area contributed by atoms with Crippen LogP contribution in [0.2, 0.25) is 0 Å². The highest BCUT2D eigenvalue weighted by Crippen LogP contribution is 2.40. The van der Waals surface area contributed by atoms with Gasteiger partial charge in [-0.2, -0.15) is 0 Å². The highest BCUT2D eigenvalue weighted by atomic mass is 16.5. The highest BCUT2D eigenvalue weighted by molar-refractivity contribution is 5.87. The Morgan fingerprint density at radius 1 is 0.681 bits per heavy atom. The first kappa shape index (κ1) is 32.0. The number of likely N-dealkylation sites (N-methyl/N-ethyl adjacent to an activating group) is 1. The van der Waals surface area contributed by atoms with Crippen LogP contribution >= 0.6 is 0 Å². The lowest BCUT2D eigenvalue weighted by atomic mass is 9.88. The Kier molecular flexibility index (Phi) is 9.41. The van der Waals surface area contributed by atoms with Gasteiger partial charge in [0.05, 0.1) is 47.4 Å². The summed E-state index contributed by atoms with van der Waals surface area (Å²) < 4.78 is 36.6. The molecule has 0 bridgehead atoms. The number of rotatable bonds is 11. The van der Waals surface area contributed by atoms with Crippen molar-refractivity contribution in [2.45, 2.75) is 25.3 Å². The van der Waals surface area contributed by atoms with E-state index in [4.69, 9.17) is 28.4 Å². The monoisotopic (exact) mass is 635 g/mol. The van der Waals surface area contributed by atoms with E-state index < -0.39 is 0 Å². The van der Waals surface area contributed by atoms with Gasteiger partial charge in [0.25, 0.3) is 0 Å². The van der Waals surface area contributed by atoms with Crippen LogP contribution in [0.4, 0.5) is 0 Å². The third kappa shape index (κ3) is 6.51. The molecule has 0 unspecified atom stereocenters. The molecule has 0 saturated carbocycles. The van der Waals surface area contributed by atoms with E-state index in [9.17, 15) is 0 Å². The topological polar surface area (TPSA) is 62.5 Å². The summed E-state index contributed by atoms with van der Waals surface area (Å²) >= 11 is 0. The van der Waals surface area contributed by atoms with E-state index >= 15 is 0 Å². The van der Waals surface area contributed by atoms with Crippen molar-refractivity contribution in [3.63, 3.8) is 0 Å². The molecule has 0 fully saturated rings. The van der Waals surface area contributed by atoms with Crippen molar-refractivity contribution in [3.8, 4) is 40.2 Å². The molecule has 1 aliphatic heterocycles. The summed E-state index contributed by atoms with van der Waals surface area (Å²) in [5, 5.41) is 2.19. The van der Waals surface area contributed by atoms with Crippen LogP contribution in [0.1, 0.15) is 34.0 Å². The van der Waals surface area contributed by atoms with Crippen LogP contribution in [-0.2, 0) is 26.3 Å². The Morgan fingerprint density at radius 2 is 1.32 bits per heavy atom. The van der Waals surface area contributed by atoms with Crippen molar-refractivity contribution in [2.75, 3.05) is 49.1 Å². The summed E-state index contributed by atoms with van der Waals surface area (Å²) in [7, 11) is 12.6. The molecule has 0 spiro atoms. The molecule has 1 atom stereocenters. The molecule has 47 heavy (non-hydrogen) atoms. The van der Waals surface area contributed by atoms with Crippen molar-refractivity contribution < 1.29 is 33.0 Å². The maximum Gasteiger partial charge on any atom is 0.193 e. The SMILES string of the molecule is COc1cc2c(cc1OC)[C@@H](Cc1ccc(Oc3cc(Cc4c5cc(OC)c(OC)cc5cc[n+]4C)ccc3OC)cc1)N(C)CC2. The van der Waals surface area contributed by atoms with E-state index in [-0.39, 0.29) is 6.04 Å². The number of nitrogens with zero attached hydrogens (tertiary/aromatic N) is 2. The van der Waals surface area contributed by atoms with E-state index in [1.165, 1.54) is 16.7 Å². The average Bonchev–Trinajstić information content (AvgIpc) is 3.10. The quantitative estimate of drug-likeness (QED) is 0.147. The van der Waals surface area contributed by atoms with Crippen molar-refractivity contribution in [2.24, 2.45) is 7.05 Å². The number of aromatic nitrogens is 1. The first-order valence-electron chi connectivity index (χ1n) is 15.8. The van der Waals surface area contributed by atoms with E-state index in [1.807, 2.05) is 30.3 Å². The maximum absolute atomic E-state index is 6.43. The van der Waals surface area contributed by atoms with E-state index in [0.717, 1.165) is 58.7 Å². The second-order valence-corrected chi connectivity index (χ2v) is 11.9. The molecule has 0 N–H and O–H groups in total. The fourth-order valence-corrected chi connectivity index (χ4v) is 6.54. The molecule has 0 radical (unpaired) electrons. The first-order chi connectivity index (χ1) is 22.8. The fourth-order valence-electron chi connectivity index (χ4n) is 6.54. The normalized spacial score (nSPS) is 14.4. The van der Waals surface area contributed by atoms with Crippen LogP contribution in [0.15, 0.2) is 79.0 Å². The third-order valence-corrected chi connectivity index (χ3v) is 9.22. The van der Waals surface area contributed by atoms with E-state index in [1.54, 1.807) is 35.5 Å². The lowest BCUT2D eigenvalue weighted by molar-refractivity contribution is -0.677. The van der Waals surface area contributed by atoms with Crippen molar-refractivity contribution in [1.29, 1.82) is 0 Å². The van der Waals surface area contributed by atoms with Crippen LogP contribution in [0.3, 0.4) is 0 Å². The van der Waals surface area contributed by atoms with Crippen molar-refractivity contribution in [1.82, 2.24) is 4.90 Å². The summed E-state index contributed by atoms with van der Waals surface area (Å²) in [5.41, 5.74) is 6.08. The zero-order valence-electron chi connectivity index (χ0n) is 28.3. The molecule has 0 amide bonds. The molecule has 4 aromatic carbocycles. The Labute approximate surface area is 277 Å². The molecule has 0 aliphatic carbocycles. The fraction of sp³-hybridized carbons (Fsp3) is 0.308. The molecule has 8 nitrogen and oxygen atoms in total. The van der Waals surface area contributed by atoms with Crippen LogP contribution < -0.4 is 33.0 Å². The van der Waals surface area contributed by atoms with E-state index in [2.05, 4.69) is 72.2 Å². The second-order valence-electron chi connectivity index (χ2n) is 11.9. The highest BCUT2D eigenvalue weighted by Gasteiger charge is 2.27. The molecular formula is C39H43N2O6+. The van der Waals surface area contributed by atoms with Crippen LogP contribution in [0.5, 0.6) is 40.2 Å². The van der Waals surface area contributed by atoms with Gasteiger partial charge in [-0.3, -0.25) is 4.90 Å². The van der Waals surface area contributed by atoms with Gasteiger partial charge < -0.3 is 28.4 Å². The van der Waals surface area contributed by atoms with Crippen LogP contribution in [0, 0.1) is 0 Å². The molecule has 8 heteroatoms. The number of pyridine rings is 1. The summed E-state index contributed by atoms with van der Waals surface area (Å²) in [6.07, 6.45) is 4.62. The van der Waals surface area contributed by atoms with Crippen molar-refractivity contribution >= 4 is 10.8 Å². The summed E-state index contributed by atoms with van der Waals surface area (Å²) in [6.45, 7) is 0.989. The van der Waals surface area contributed by atoms with Gasteiger partial charge >= 0.3 is 0 Å². The predicted octanol–water partition coefficient (Wildman–Crippen LogP) is 6.86. The molecular weight excluding hydrogens is 592 g/mol. The van der Waals surface area contributed by atoms with Crippen LogP contribution in [0.25, 0.3) is 10.8 Å². The minimum absolute atomic E-state index is 0.235. The predicted molar refractivity (Wildman–Crippen MR) is 183 cm³/mol. The van der Waals surface area contributed by atoms with Crippen molar-refractivity contribution in [3.05, 3.63) is 107 Å². The number of hydrogen-bond donors (Lipinski definition) is 0. The van der Waals surface area contributed by atoms with Gasteiger partial charge in [-0.25, -0.2) is 4.57 Å². The largest absolute Gasteiger partial charge is 0.493 e. The minimum atomic E-state index is 0.235. The van der Waals surface area contributed by atoms with Gasteiger partial charge in [-0.15, -0.1) is 0 Å². The smallest absolute Gasteiger partial charge is 0.193 e. The molecule has 2 heterocycles. The lowest BCUT2D eigenvalue weighted by Gasteiger charge is -2.35. The molecule has 1 aliphatic rings. The second kappa shape index (κ2) is 13.8. The molecule has 244 valence electrons. The van der Waals surface area contributed by atoms with Gasteiger partial charge in [0.1, 0.15) is 12.8 Å². The molecule has 0 saturated heterocycles. The van der Waals surface area contributed by atoms with Crippen LogP contribution in [-0.4, -0.2) is 54.0 Å². The summed E-state index contributed by atoms with van der Waals surface area (Å²) in [4.78, 5) is 2.41.